The molecule has 10 nitrogen and oxygen atoms in total. The first-order valence-corrected chi connectivity index (χ1v) is 11.2. The summed E-state index contributed by atoms with van der Waals surface area (Å²) in [5.74, 6) is 0.789. The molecule has 0 saturated heterocycles. The summed E-state index contributed by atoms with van der Waals surface area (Å²) >= 11 is 0. The van der Waals surface area contributed by atoms with E-state index in [4.69, 9.17) is 13.8 Å². The third-order valence-electron chi connectivity index (χ3n) is 4.43. The minimum atomic E-state index is -4.15. The van der Waals surface area contributed by atoms with E-state index >= 15 is 0 Å². The minimum absolute atomic E-state index is 0.223. The lowest BCUT2D eigenvalue weighted by Crippen LogP contribution is -2.20. The third kappa shape index (κ3) is 6.05. The fourth-order valence-corrected chi connectivity index (χ4v) is 3.34. The topological polar surface area (TPSA) is 144 Å². The predicted octanol–water partition coefficient (Wildman–Crippen LogP) is 4.07. The highest BCUT2D eigenvalue weighted by molar-refractivity contribution is 7.85. The van der Waals surface area contributed by atoms with Crippen molar-refractivity contribution >= 4 is 27.7 Å². The Hall–Kier alpha value is -3.44. The van der Waals surface area contributed by atoms with Crippen LogP contribution in [0.5, 0.6) is 5.75 Å². The summed E-state index contributed by atoms with van der Waals surface area (Å²) in [4.78, 5) is 16.4. The quantitative estimate of drug-likeness (QED) is 0.467. The molecule has 0 spiro atoms. The SMILES string of the molecule is COc1cc(-c2ccc(CS(=O)(=O)O)nc2)ccc1NC(=O)Nc1cc(C(C)(C)C)on1. The van der Waals surface area contributed by atoms with Gasteiger partial charge in [0.15, 0.2) is 5.82 Å². The number of rotatable bonds is 6. The number of carbonyl (C=O) groups excluding carboxylic acids is 1. The van der Waals surface area contributed by atoms with Gasteiger partial charge in [-0.15, -0.1) is 0 Å². The fraction of sp³-hybridized carbons (Fsp3) is 0.286. The van der Waals surface area contributed by atoms with Crippen molar-refractivity contribution in [3.05, 3.63) is 54.0 Å². The number of benzene rings is 1. The van der Waals surface area contributed by atoms with E-state index in [1.54, 1.807) is 30.3 Å². The number of nitrogens with zero attached hydrogens (tertiary/aromatic N) is 2. The highest BCUT2D eigenvalue weighted by Gasteiger charge is 2.20. The third-order valence-corrected chi connectivity index (χ3v) is 5.09. The summed E-state index contributed by atoms with van der Waals surface area (Å²) < 4.78 is 41.5. The van der Waals surface area contributed by atoms with E-state index in [9.17, 15) is 13.2 Å². The molecule has 3 aromatic rings. The molecule has 0 unspecified atom stereocenters. The second kappa shape index (κ2) is 8.97. The zero-order valence-electron chi connectivity index (χ0n) is 18.0. The van der Waals surface area contributed by atoms with Crippen LogP contribution in [0, 0.1) is 0 Å². The summed E-state index contributed by atoms with van der Waals surface area (Å²) in [5.41, 5.74) is 1.87. The molecule has 3 rings (SSSR count). The molecule has 32 heavy (non-hydrogen) atoms. The van der Waals surface area contributed by atoms with Crippen LogP contribution in [0.2, 0.25) is 0 Å². The first kappa shape index (κ1) is 23.2. The monoisotopic (exact) mass is 460 g/mol. The van der Waals surface area contributed by atoms with Crippen LogP contribution in [0.3, 0.4) is 0 Å². The van der Waals surface area contributed by atoms with E-state index in [2.05, 4.69) is 20.8 Å². The largest absolute Gasteiger partial charge is 0.495 e. The van der Waals surface area contributed by atoms with E-state index in [1.165, 1.54) is 19.4 Å². The zero-order valence-corrected chi connectivity index (χ0v) is 18.9. The number of aromatic nitrogens is 2. The molecule has 0 atom stereocenters. The van der Waals surface area contributed by atoms with Crippen LogP contribution >= 0.6 is 0 Å². The van der Waals surface area contributed by atoms with Gasteiger partial charge in [-0.1, -0.05) is 38.1 Å². The smallest absolute Gasteiger partial charge is 0.325 e. The number of urea groups is 1. The summed E-state index contributed by atoms with van der Waals surface area (Å²) in [6.45, 7) is 5.92. The molecule has 0 aliphatic rings. The predicted molar refractivity (Wildman–Crippen MR) is 119 cm³/mol. The molecule has 0 fully saturated rings. The van der Waals surface area contributed by atoms with Crippen molar-refractivity contribution in [2.45, 2.75) is 31.9 Å². The number of methoxy groups -OCH3 is 1. The number of anilines is 2. The van der Waals surface area contributed by atoms with Gasteiger partial charge in [0.25, 0.3) is 10.1 Å². The molecule has 0 radical (unpaired) electrons. The average molecular weight is 461 g/mol. The van der Waals surface area contributed by atoms with Gasteiger partial charge in [0.05, 0.1) is 18.5 Å². The van der Waals surface area contributed by atoms with Gasteiger partial charge in [0.1, 0.15) is 17.3 Å². The Balaban J connectivity index is 1.72. The maximum absolute atomic E-state index is 12.4. The average Bonchev–Trinajstić information content (AvgIpc) is 3.16. The van der Waals surface area contributed by atoms with Gasteiger partial charge >= 0.3 is 6.03 Å². The summed E-state index contributed by atoms with van der Waals surface area (Å²) in [6.07, 6.45) is 1.49. The molecule has 1 aromatic carbocycles. The lowest BCUT2D eigenvalue weighted by atomic mass is 9.93. The van der Waals surface area contributed by atoms with Crippen molar-refractivity contribution in [2.75, 3.05) is 17.7 Å². The lowest BCUT2D eigenvalue weighted by Gasteiger charge is -2.13. The minimum Gasteiger partial charge on any atom is -0.495 e. The summed E-state index contributed by atoms with van der Waals surface area (Å²) in [6, 6.07) is 9.48. The standard InChI is InChI=1S/C21H24N4O6S/c1-21(2,3)18-10-19(25-31-18)24-20(26)23-16-8-6-13(9-17(16)30-4)14-5-7-15(22-11-14)12-32(27,28)29/h5-11H,12H2,1-4H3,(H,27,28,29)(H2,23,24,25,26). The summed E-state index contributed by atoms with van der Waals surface area (Å²) in [5, 5.41) is 9.17. The van der Waals surface area contributed by atoms with E-state index in [0.29, 0.717) is 28.6 Å². The van der Waals surface area contributed by atoms with Crippen molar-refractivity contribution in [3.8, 4) is 16.9 Å². The number of pyridine rings is 1. The molecule has 3 N–H and O–H groups in total. The zero-order chi connectivity index (χ0) is 23.5. The van der Waals surface area contributed by atoms with Crippen LogP contribution in [-0.2, 0) is 21.3 Å². The van der Waals surface area contributed by atoms with E-state index in [-0.39, 0.29) is 11.1 Å². The van der Waals surface area contributed by atoms with Crippen molar-refractivity contribution < 1.29 is 27.0 Å². The Morgan fingerprint density at radius 2 is 1.84 bits per heavy atom. The van der Waals surface area contributed by atoms with Gasteiger partial charge < -0.3 is 14.6 Å². The molecule has 2 amide bonds. The van der Waals surface area contributed by atoms with Crippen LogP contribution < -0.4 is 15.4 Å². The van der Waals surface area contributed by atoms with Crippen LogP contribution in [-0.4, -0.2) is 36.3 Å². The van der Waals surface area contributed by atoms with Crippen molar-refractivity contribution in [1.29, 1.82) is 0 Å². The van der Waals surface area contributed by atoms with E-state index < -0.39 is 21.9 Å². The van der Waals surface area contributed by atoms with E-state index in [1.807, 2.05) is 20.8 Å². The Bertz CT molecular complexity index is 1210. The maximum Gasteiger partial charge on any atom is 0.325 e. The second-order valence-electron chi connectivity index (χ2n) is 8.09. The first-order chi connectivity index (χ1) is 14.9. The lowest BCUT2D eigenvalue weighted by molar-refractivity contribution is 0.261. The van der Waals surface area contributed by atoms with Gasteiger partial charge in [-0.3, -0.25) is 14.9 Å². The molecule has 11 heteroatoms. The molecule has 0 aliphatic heterocycles. The number of hydrogen-bond acceptors (Lipinski definition) is 7. The Labute approximate surface area is 185 Å². The normalized spacial score (nSPS) is 11.8. The number of carbonyl (C=O) groups is 1. The highest BCUT2D eigenvalue weighted by atomic mass is 32.2. The van der Waals surface area contributed by atoms with Crippen LogP contribution in [0.25, 0.3) is 11.1 Å². The van der Waals surface area contributed by atoms with Gasteiger partial charge in [-0.05, 0) is 23.8 Å². The van der Waals surface area contributed by atoms with Gasteiger partial charge in [0, 0.05) is 23.2 Å². The van der Waals surface area contributed by atoms with Crippen molar-refractivity contribution in [2.24, 2.45) is 0 Å². The Morgan fingerprint density at radius 3 is 2.41 bits per heavy atom. The molecular formula is C21H24N4O6S. The van der Waals surface area contributed by atoms with Gasteiger partial charge in [-0.2, -0.15) is 8.42 Å². The molecule has 0 saturated carbocycles. The number of amides is 2. The fourth-order valence-electron chi connectivity index (χ4n) is 2.80. The second-order valence-corrected chi connectivity index (χ2v) is 9.54. The Morgan fingerprint density at radius 1 is 1.12 bits per heavy atom. The van der Waals surface area contributed by atoms with Crippen molar-refractivity contribution in [3.63, 3.8) is 0 Å². The summed E-state index contributed by atoms with van der Waals surface area (Å²) in [7, 11) is -2.68. The van der Waals surface area contributed by atoms with Crippen LogP contribution in [0.1, 0.15) is 32.2 Å². The van der Waals surface area contributed by atoms with E-state index in [0.717, 1.165) is 5.56 Å². The molecule has 2 aromatic heterocycles. The van der Waals surface area contributed by atoms with Crippen molar-refractivity contribution in [1.82, 2.24) is 10.1 Å². The van der Waals surface area contributed by atoms with Gasteiger partial charge in [-0.25, -0.2) is 4.79 Å². The van der Waals surface area contributed by atoms with Crippen LogP contribution in [0.15, 0.2) is 47.1 Å². The molecule has 0 aliphatic carbocycles. The molecule has 0 bridgehead atoms. The first-order valence-electron chi connectivity index (χ1n) is 9.58. The molecular weight excluding hydrogens is 436 g/mol. The number of hydrogen-bond donors (Lipinski definition) is 3. The highest BCUT2D eigenvalue weighted by Crippen LogP contribution is 2.31. The Kier molecular flexibility index (Phi) is 6.51. The number of nitrogens with one attached hydrogen (secondary N) is 2. The molecule has 170 valence electrons. The number of ether oxygens (including phenoxy) is 1. The molecule has 2 heterocycles. The maximum atomic E-state index is 12.4. The van der Waals surface area contributed by atoms with Gasteiger partial charge in [0.2, 0.25) is 0 Å². The van der Waals surface area contributed by atoms with Crippen LogP contribution in [0.4, 0.5) is 16.3 Å².